The normalized spacial score (nSPS) is 12.8. The highest BCUT2D eigenvalue weighted by Crippen LogP contribution is 2.25. The smallest absolute Gasteiger partial charge is 0.168 e. The maximum absolute atomic E-state index is 10.9. The molecule has 0 fully saturated rings. The zero-order valence-electron chi connectivity index (χ0n) is 10.7. The van der Waals surface area contributed by atoms with Crippen molar-refractivity contribution in [1.82, 2.24) is 9.38 Å². The summed E-state index contributed by atoms with van der Waals surface area (Å²) in [6.07, 6.45) is 7.68. The van der Waals surface area contributed by atoms with Crippen LogP contribution in [-0.4, -0.2) is 22.2 Å². The zero-order chi connectivity index (χ0) is 13.0. The summed E-state index contributed by atoms with van der Waals surface area (Å²) >= 11 is 0. The third kappa shape index (κ3) is 2.43. The van der Waals surface area contributed by atoms with Gasteiger partial charge in [0.05, 0.1) is 6.20 Å². The molecule has 2 rings (SSSR count). The van der Waals surface area contributed by atoms with E-state index in [0.717, 1.165) is 31.2 Å². The first kappa shape index (κ1) is 12.8. The zero-order valence-corrected chi connectivity index (χ0v) is 10.7. The average Bonchev–Trinajstić information content (AvgIpc) is 2.80. The van der Waals surface area contributed by atoms with E-state index in [0.29, 0.717) is 18.2 Å². The molecule has 0 amide bonds. The van der Waals surface area contributed by atoms with Gasteiger partial charge in [-0.15, -0.1) is 0 Å². The Labute approximate surface area is 107 Å². The molecule has 2 N–H and O–H groups in total. The summed E-state index contributed by atoms with van der Waals surface area (Å²) in [4.78, 5) is 15.1. The number of hydrogen-bond acceptors (Lipinski definition) is 3. The van der Waals surface area contributed by atoms with E-state index in [1.807, 2.05) is 16.7 Å². The minimum absolute atomic E-state index is 0.464. The van der Waals surface area contributed by atoms with Crippen LogP contribution in [0.5, 0.6) is 0 Å². The van der Waals surface area contributed by atoms with Crippen LogP contribution in [0.3, 0.4) is 0 Å². The van der Waals surface area contributed by atoms with Crippen molar-refractivity contribution in [2.45, 2.75) is 32.1 Å². The Morgan fingerprint density at radius 3 is 2.94 bits per heavy atom. The first-order valence-electron chi connectivity index (χ1n) is 6.42. The van der Waals surface area contributed by atoms with Gasteiger partial charge in [-0.1, -0.05) is 19.4 Å². The van der Waals surface area contributed by atoms with Crippen molar-refractivity contribution in [3.8, 4) is 0 Å². The Kier molecular flexibility index (Phi) is 4.10. The van der Waals surface area contributed by atoms with Crippen LogP contribution in [0.15, 0.2) is 24.5 Å². The fourth-order valence-corrected chi connectivity index (χ4v) is 2.37. The van der Waals surface area contributed by atoms with Crippen molar-refractivity contribution in [1.29, 1.82) is 0 Å². The maximum Gasteiger partial charge on any atom is 0.168 e. The van der Waals surface area contributed by atoms with E-state index in [4.69, 9.17) is 5.73 Å². The Bertz CT molecular complexity index is 527. The van der Waals surface area contributed by atoms with Gasteiger partial charge in [0, 0.05) is 6.20 Å². The highest BCUT2D eigenvalue weighted by atomic mass is 16.1. The van der Waals surface area contributed by atoms with E-state index in [2.05, 4.69) is 18.0 Å². The minimum atomic E-state index is 0.464. The van der Waals surface area contributed by atoms with Crippen molar-refractivity contribution in [2.24, 2.45) is 5.73 Å². The van der Waals surface area contributed by atoms with Crippen LogP contribution in [0.2, 0.25) is 0 Å². The van der Waals surface area contributed by atoms with Crippen LogP contribution in [-0.2, 0) is 0 Å². The maximum atomic E-state index is 10.9. The summed E-state index contributed by atoms with van der Waals surface area (Å²) in [6.45, 7) is 2.86. The van der Waals surface area contributed by atoms with E-state index in [1.54, 1.807) is 6.20 Å². The van der Waals surface area contributed by atoms with Crippen LogP contribution >= 0.6 is 0 Å². The second-order valence-corrected chi connectivity index (χ2v) is 4.55. The van der Waals surface area contributed by atoms with Gasteiger partial charge in [-0.05, 0) is 36.9 Å². The number of hydrogen-bond donors (Lipinski definition) is 1. The molecule has 0 saturated carbocycles. The lowest BCUT2D eigenvalue weighted by molar-refractivity contribution is 0.111. The Balaban J connectivity index is 2.39. The molecule has 4 heteroatoms. The predicted molar refractivity (Wildman–Crippen MR) is 71.9 cm³/mol. The summed E-state index contributed by atoms with van der Waals surface area (Å²) in [5.41, 5.74) is 8.30. The monoisotopic (exact) mass is 245 g/mol. The molecule has 0 saturated heterocycles. The van der Waals surface area contributed by atoms with E-state index in [1.165, 1.54) is 5.56 Å². The van der Waals surface area contributed by atoms with Gasteiger partial charge in [0.1, 0.15) is 11.3 Å². The second-order valence-electron chi connectivity index (χ2n) is 4.55. The van der Waals surface area contributed by atoms with E-state index in [9.17, 15) is 4.79 Å². The summed E-state index contributed by atoms with van der Waals surface area (Å²) < 4.78 is 1.85. The molecule has 0 aliphatic carbocycles. The first-order chi connectivity index (χ1) is 8.80. The van der Waals surface area contributed by atoms with Gasteiger partial charge in [-0.2, -0.15) is 0 Å². The number of carbonyl (C=O) groups excluding carboxylic acids is 1. The van der Waals surface area contributed by atoms with E-state index < -0.39 is 0 Å². The lowest BCUT2D eigenvalue weighted by Gasteiger charge is -2.16. The number of aromatic nitrogens is 2. The minimum Gasteiger partial charge on any atom is -0.330 e. The van der Waals surface area contributed by atoms with Crippen molar-refractivity contribution in [3.05, 3.63) is 35.8 Å². The molecule has 96 valence electrons. The molecule has 2 aromatic heterocycles. The number of carbonyl (C=O) groups is 1. The molecule has 0 aliphatic rings. The largest absolute Gasteiger partial charge is 0.330 e. The topological polar surface area (TPSA) is 60.4 Å². The molecule has 1 unspecified atom stereocenters. The average molecular weight is 245 g/mol. The number of nitrogens with zero attached hydrogens (tertiary/aromatic N) is 2. The quantitative estimate of drug-likeness (QED) is 0.795. The van der Waals surface area contributed by atoms with Gasteiger partial charge in [-0.25, -0.2) is 4.98 Å². The van der Waals surface area contributed by atoms with Crippen LogP contribution in [0.4, 0.5) is 0 Å². The van der Waals surface area contributed by atoms with Crippen LogP contribution < -0.4 is 5.73 Å². The van der Waals surface area contributed by atoms with Gasteiger partial charge in [0.15, 0.2) is 6.29 Å². The molecule has 0 spiro atoms. The predicted octanol–water partition coefficient (Wildman–Crippen LogP) is 2.38. The van der Waals surface area contributed by atoms with E-state index in [-0.39, 0.29) is 0 Å². The van der Waals surface area contributed by atoms with Gasteiger partial charge in [-0.3, -0.25) is 9.20 Å². The molecular formula is C14H19N3O. The highest BCUT2D eigenvalue weighted by Gasteiger charge is 2.11. The third-order valence-corrected chi connectivity index (χ3v) is 3.30. The fraction of sp³-hybridized carbons (Fsp3) is 0.429. The van der Waals surface area contributed by atoms with Crippen molar-refractivity contribution < 1.29 is 4.79 Å². The SMILES string of the molecule is CCCC(CCN)c1ccc2ncc(C=O)n2c1. The molecule has 2 heterocycles. The Morgan fingerprint density at radius 1 is 1.44 bits per heavy atom. The van der Waals surface area contributed by atoms with Crippen molar-refractivity contribution in [2.75, 3.05) is 6.54 Å². The first-order valence-corrected chi connectivity index (χ1v) is 6.42. The second kappa shape index (κ2) is 5.78. The highest BCUT2D eigenvalue weighted by molar-refractivity contribution is 5.73. The standard InChI is InChI=1S/C14H19N3O/c1-2-3-11(6-7-15)12-4-5-14-16-8-13(10-18)17(14)9-12/h4-5,8-11H,2-3,6-7,15H2,1H3. The molecule has 0 aromatic carbocycles. The molecule has 0 bridgehead atoms. The number of imidazole rings is 1. The molecule has 0 radical (unpaired) electrons. The van der Waals surface area contributed by atoms with Gasteiger partial charge in [0.25, 0.3) is 0 Å². The van der Waals surface area contributed by atoms with E-state index >= 15 is 0 Å². The fourth-order valence-electron chi connectivity index (χ4n) is 2.37. The van der Waals surface area contributed by atoms with Crippen LogP contribution in [0.25, 0.3) is 5.65 Å². The van der Waals surface area contributed by atoms with Crippen molar-refractivity contribution in [3.63, 3.8) is 0 Å². The number of nitrogens with two attached hydrogens (primary N) is 1. The molecule has 18 heavy (non-hydrogen) atoms. The summed E-state index contributed by atoms with van der Waals surface area (Å²) in [5, 5.41) is 0. The molecule has 4 nitrogen and oxygen atoms in total. The third-order valence-electron chi connectivity index (χ3n) is 3.30. The number of pyridine rings is 1. The number of aldehydes is 1. The van der Waals surface area contributed by atoms with Crippen LogP contribution in [0.1, 0.15) is 48.2 Å². The Hall–Kier alpha value is -1.68. The molecule has 0 aliphatic heterocycles. The molecular weight excluding hydrogens is 226 g/mol. The lowest BCUT2D eigenvalue weighted by Crippen LogP contribution is -2.08. The van der Waals surface area contributed by atoms with Gasteiger partial charge >= 0.3 is 0 Å². The summed E-state index contributed by atoms with van der Waals surface area (Å²) in [5.74, 6) is 0.464. The van der Waals surface area contributed by atoms with Gasteiger partial charge in [0.2, 0.25) is 0 Å². The van der Waals surface area contributed by atoms with Crippen LogP contribution in [0, 0.1) is 0 Å². The lowest BCUT2D eigenvalue weighted by atomic mass is 9.93. The Morgan fingerprint density at radius 2 is 2.28 bits per heavy atom. The van der Waals surface area contributed by atoms with Gasteiger partial charge < -0.3 is 5.73 Å². The number of rotatable bonds is 6. The molecule has 2 aromatic rings. The number of fused-ring (bicyclic) bond motifs is 1. The molecule has 1 atom stereocenters. The summed E-state index contributed by atoms with van der Waals surface area (Å²) in [7, 11) is 0. The van der Waals surface area contributed by atoms with Crippen molar-refractivity contribution >= 4 is 11.9 Å². The summed E-state index contributed by atoms with van der Waals surface area (Å²) in [6, 6.07) is 4.05.